The van der Waals surface area contributed by atoms with Gasteiger partial charge in [-0.2, -0.15) is 0 Å². The van der Waals surface area contributed by atoms with Gasteiger partial charge in [0, 0.05) is 24.3 Å². The number of carbonyl (C=O) groups excluding carboxylic acids is 1. The molecule has 0 bridgehead atoms. The number of methoxy groups -OCH3 is 1. The van der Waals surface area contributed by atoms with Gasteiger partial charge in [0.05, 0.1) is 13.2 Å². The number of aromatic nitrogens is 1. The fourth-order valence-corrected chi connectivity index (χ4v) is 3.29. The summed E-state index contributed by atoms with van der Waals surface area (Å²) in [5.41, 5.74) is 1.74. The second-order valence-electron chi connectivity index (χ2n) is 6.93. The van der Waals surface area contributed by atoms with Crippen LogP contribution in [0.4, 0.5) is 5.82 Å². The number of carbonyl (C=O) groups is 1. The lowest BCUT2D eigenvalue weighted by molar-refractivity contribution is 0.0954. The summed E-state index contributed by atoms with van der Waals surface area (Å²) in [6, 6.07) is 11.6. The smallest absolute Gasteiger partial charge is 0.251 e. The zero-order valence-corrected chi connectivity index (χ0v) is 15.6. The molecule has 1 saturated carbocycles. The van der Waals surface area contributed by atoms with E-state index in [0.717, 1.165) is 43.4 Å². The summed E-state index contributed by atoms with van der Waals surface area (Å²) >= 11 is 0. The zero-order chi connectivity index (χ0) is 19.1. The number of nitrogens with one attached hydrogen (secondary N) is 2. The van der Waals surface area contributed by atoms with Gasteiger partial charge in [-0.3, -0.25) is 4.79 Å². The van der Waals surface area contributed by atoms with Crippen LogP contribution in [0.1, 0.15) is 41.6 Å². The van der Waals surface area contributed by atoms with Gasteiger partial charge < -0.3 is 20.5 Å². The molecule has 2 aromatic rings. The molecule has 144 valence electrons. The van der Waals surface area contributed by atoms with E-state index in [1.807, 2.05) is 24.3 Å². The van der Waals surface area contributed by atoms with Crippen molar-refractivity contribution in [1.82, 2.24) is 10.3 Å². The SMILES string of the molecule is COc1ccc(CCNC(=O)c2ccnc(NC3CCC(O)CC3)c2)cc1. The minimum atomic E-state index is -0.182. The molecule has 0 radical (unpaired) electrons. The number of aliphatic hydroxyl groups excluding tert-OH is 1. The summed E-state index contributed by atoms with van der Waals surface area (Å²) in [6.07, 6.45) is 5.68. The Balaban J connectivity index is 1.49. The maximum absolute atomic E-state index is 12.4. The number of aliphatic hydroxyl groups is 1. The highest BCUT2D eigenvalue weighted by molar-refractivity contribution is 5.94. The fraction of sp³-hybridized carbons (Fsp3) is 0.429. The van der Waals surface area contributed by atoms with Crippen molar-refractivity contribution >= 4 is 11.7 Å². The molecule has 0 spiro atoms. The third-order valence-electron chi connectivity index (χ3n) is 4.93. The number of hydrogen-bond donors (Lipinski definition) is 3. The first-order valence-corrected chi connectivity index (χ1v) is 9.46. The van der Waals surface area contributed by atoms with Gasteiger partial charge in [0.25, 0.3) is 5.91 Å². The normalized spacial score (nSPS) is 19.3. The molecule has 0 saturated heterocycles. The van der Waals surface area contributed by atoms with Crippen molar-refractivity contribution in [3.05, 3.63) is 53.7 Å². The predicted octanol–water partition coefficient (Wildman–Crippen LogP) is 2.78. The van der Waals surface area contributed by atoms with E-state index in [1.54, 1.807) is 25.4 Å². The Labute approximate surface area is 160 Å². The summed E-state index contributed by atoms with van der Waals surface area (Å²) in [5, 5.41) is 15.9. The zero-order valence-electron chi connectivity index (χ0n) is 15.6. The topological polar surface area (TPSA) is 83.5 Å². The number of pyridine rings is 1. The highest BCUT2D eigenvalue weighted by atomic mass is 16.5. The molecular weight excluding hydrogens is 342 g/mol. The van der Waals surface area contributed by atoms with Crippen LogP contribution in [-0.4, -0.2) is 41.8 Å². The molecule has 3 rings (SSSR count). The van der Waals surface area contributed by atoms with Crippen LogP contribution in [0.3, 0.4) is 0 Å². The monoisotopic (exact) mass is 369 g/mol. The molecular formula is C21H27N3O3. The van der Waals surface area contributed by atoms with E-state index in [0.29, 0.717) is 24.0 Å². The summed E-state index contributed by atoms with van der Waals surface area (Å²) in [5.74, 6) is 1.43. The first-order valence-electron chi connectivity index (χ1n) is 9.46. The summed E-state index contributed by atoms with van der Waals surface area (Å²) < 4.78 is 5.15. The minimum Gasteiger partial charge on any atom is -0.497 e. The van der Waals surface area contributed by atoms with E-state index < -0.39 is 0 Å². The van der Waals surface area contributed by atoms with Crippen molar-refractivity contribution in [2.24, 2.45) is 0 Å². The molecule has 0 atom stereocenters. The molecule has 0 aliphatic heterocycles. The summed E-state index contributed by atoms with van der Waals surface area (Å²) in [7, 11) is 1.64. The predicted molar refractivity (Wildman–Crippen MR) is 105 cm³/mol. The molecule has 1 amide bonds. The van der Waals surface area contributed by atoms with Crippen LogP contribution in [-0.2, 0) is 6.42 Å². The standard InChI is InChI=1S/C21H27N3O3/c1-27-19-8-2-15(3-9-19)10-12-23-21(26)16-11-13-22-20(14-16)24-17-4-6-18(25)7-5-17/h2-3,8-9,11,13-14,17-18,25H,4-7,10,12H2,1H3,(H,22,24)(H,23,26). The maximum atomic E-state index is 12.4. The van der Waals surface area contributed by atoms with Crippen molar-refractivity contribution in [1.29, 1.82) is 0 Å². The molecule has 6 heteroatoms. The van der Waals surface area contributed by atoms with Crippen LogP contribution < -0.4 is 15.4 Å². The van der Waals surface area contributed by atoms with E-state index >= 15 is 0 Å². The lowest BCUT2D eigenvalue weighted by Gasteiger charge is -2.26. The van der Waals surface area contributed by atoms with Crippen molar-refractivity contribution < 1.29 is 14.6 Å². The van der Waals surface area contributed by atoms with Crippen molar-refractivity contribution in [3.63, 3.8) is 0 Å². The highest BCUT2D eigenvalue weighted by Crippen LogP contribution is 2.21. The van der Waals surface area contributed by atoms with Crippen molar-refractivity contribution in [2.75, 3.05) is 19.0 Å². The number of hydrogen-bond acceptors (Lipinski definition) is 5. The number of anilines is 1. The average Bonchev–Trinajstić information content (AvgIpc) is 2.70. The quantitative estimate of drug-likeness (QED) is 0.699. The lowest BCUT2D eigenvalue weighted by atomic mass is 9.93. The molecule has 1 aromatic heterocycles. The van der Waals surface area contributed by atoms with Crippen molar-refractivity contribution in [2.45, 2.75) is 44.2 Å². The lowest BCUT2D eigenvalue weighted by Crippen LogP contribution is -2.29. The molecule has 1 aliphatic rings. The number of rotatable bonds is 7. The summed E-state index contributed by atoms with van der Waals surface area (Å²) in [6.45, 7) is 0.566. The minimum absolute atomic E-state index is 0.104. The van der Waals surface area contributed by atoms with E-state index in [1.165, 1.54) is 0 Å². The van der Waals surface area contributed by atoms with E-state index in [4.69, 9.17) is 4.74 Å². The molecule has 1 fully saturated rings. The van der Waals surface area contributed by atoms with Crippen LogP contribution in [0.15, 0.2) is 42.6 Å². The van der Waals surface area contributed by atoms with E-state index in [2.05, 4.69) is 15.6 Å². The second-order valence-corrected chi connectivity index (χ2v) is 6.93. The molecule has 27 heavy (non-hydrogen) atoms. The fourth-order valence-electron chi connectivity index (χ4n) is 3.29. The Bertz CT molecular complexity index is 741. The average molecular weight is 369 g/mol. The van der Waals surface area contributed by atoms with Crippen LogP contribution in [0.5, 0.6) is 5.75 Å². The van der Waals surface area contributed by atoms with Gasteiger partial charge in [-0.1, -0.05) is 12.1 Å². The maximum Gasteiger partial charge on any atom is 0.251 e. The van der Waals surface area contributed by atoms with E-state index in [-0.39, 0.29) is 12.0 Å². The number of benzene rings is 1. The molecule has 1 aliphatic carbocycles. The van der Waals surface area contributed by atoms with Crippen LogP contribution >= 0.6 is 0 Å². The van der Waals surface area contributed by atoms with Gasteiger partial charge in [0.15, 0.2) is 0 Å². The third kappa shape index (κ3) is 5.69. The van der Waals surface area contributed by atoms with E-state index in [9.17, 15) is 9.90 Å². The summed E-state index contributed by atoms with van der Waals surface area (Å²) in [4.78, 5) is 16.7. The van der Waals surface area contributed by atoms with Gasteiger partial charge in [-0.05, 0) is 61.9 Å². The second kappa shape index (κ2) is 9.37. The third-order valence-corrected chi connectivity index (χ3v) is 4.93. The first-order chi connectivity index (χ1) is 13.1. The van der Waals surface area contributed by atoms with Crippen LogP contribution in [0.2, 0.25) is 0 Å². The largest absolute Gasteiger partial charge is 0.497 e. The Morgan fingerprint density at radius 3 is 2.63 bits per heavy atom. The molecule has 0 unspecified atom stereocenters. The molecule has 1 aromatic carbocycles. The highest BCUT2D eigenvalue weighted by Gasteiger charge is 2.19. The Morgan fingerprint density at radius 1 is 1.19 bits per heavy atom. The first kappa shape index (κ1) is 19.2. The molecule has 1 heterocycles. The van der Waals surface area contributed by atoms with Gasteiger partial charge in [-0.25, -0.2) is 4.98 Å². The number of nitrogens with zero attached hydrogens (tertiary/aromatic N) is 1. The van der Waals surface area contributed by atoms with Gasteiger partial charge in [0.2, 0.25) is 0 Å². The Kier molecular flexibility index (Phi) is 6.65. The van der Waals surface area contributed by atoms with Gasteiger partial charge in [0.1, 0.15) is 11.6 Å². The van der Waals surface area contributed by atoms with Gasteiger partial charge >= 0.3 is 0 Å². The van der Waals surface area contributed by atoms with Gasteiger partial charge in [-0.15, -0.1) is 0 Å². The number of ether oxygens (including phenoxy) is 1. The molecule has 6 nitrogen and oxygen atoms in total. The van der Waals surface area contributed by atoms with Crippen LogP contribution in [0, 0.1) is 0 Å². The van der Waals surface area contributed by atoms with Crippen molar-refractivity contribution in [3.8, 4) is 5.75 Å². The Hall–Kier alpha value is -2.60. The number of amides is 1. The molecule has 3 N–H and O–H groups in total. The Morgan fingerprint density at radius 2 is 1.93 bits per heavy atom. The van der Waals surface area contributed by atoms with Crippen LogP contribution in [0.25, 0.3) is 0 Å².